The molecule has 1 saturated heterocycles. The Morgan fingerprint density at radius 1 is 1.25 bits per heavy atom. The SMILES string of the molecule is CCOc1ccc(CC(=O)N2CCCC[C@H]2CSC(C)(C)C)cc1. The van der Waals surface area contributed by atoms with Gasteiger partial charge in [0.05, 0.1) is 13.0 Å². The zero-order valence-electron chi connectivity index (χ0n) is 15.5. The van der Waals surface area contributed by atoms with Gasteiger partial charge in [0.15, 0.2) is 0 Å². The summed E-state index contributed by atoms with van der Waals surface area (Å²) in [4.78, 5) is 14.9. The number of thioether (sulfide) groups is 1. The van der Waals surface area contributed by atoms with Gasteiger partial charge in [-0.25, -0.2) is 0 Å². The fraction of sp³-hybridized carbons (Fsp3) is 0.650. The molecule has 0 N–H and O–H groups in total. The third-order valence-corrected chi connectivity index (χ3v) is 5.66. The third kappa shape index (κ3) is 6.04. The van der Waals surface area contributed by atoms with Crippen molar-refractivity contribution in [3.8, 4) is 5.75 Å². The number of hydrogen-bond donors (Lipinski definition) is 0. The first-order chi connectivity index (χ1) is 11.4. The Kier molecular flexibility index (Phi) is 7.02. The van der Waals surface area contributed by atoms with Crippen LogP contribution >= 0.6 is 11.8 Å². The number of amides is 1. The molecule has 0 aliphatic carbocycles. The van der Waals surface area contributed by atoms with Crippen LogP contribution in [0.25, 0.3) is 0 Å². The number of ether oxygens (including phenoxy) is 1. The Morgan fingerprint density at radius 2 is 1.96 bits per heavy atom. The molecule has 0 radical (unpaired) electrons. The van der Waals surface area contributed by atoms with E-state index in [-0.39, 0.29) is 10.7 Å². The van der Waals surface area contributed by atoms with Gasteiger partial charge in [-0.15, -0.1) is 0 Å². The monoisotopic (exact) mass is 349 g/mol. The van der Waals surface area contributed by atoms with E-state index in [0.29, 0.717) is 19.1 Å². The highest BCUT2D eigenvalue weighted by molar-refractivity contribution is 8.00. The number of nitrogens with zero attached hydrogens (tertiary/aromatic N) is 1. The van der Waals surface area contributed by atoms with Crippen molar-refractivity contribution in [2.75, 3.05) is 18.9 Å². The second kappa shape index (κ2) is 8.80. The minimum atomic E-state index is 0.251. The van der Waals surface area contributed by atoms with Gasteiger partial charge in [0.1, 0.15) is 5.75 Å². The highest BCUT2D eigenvalue weighted by Crippen LogP contribution is 2.29. The lowest BCUT2D eigenvalue weighted by molar-refractivity contribution is -0.133. The van der Waals surface area contributed by atoms with Gasteiger partial charge in [-0.2, -0.15) is 11.8 Å². The summed E-state index contributed by atoms with van der Waals surface area (Å²) >= 11 is 1.96. The van der Waals surface area contributed by atoms with Gasteiger partial charge in [0.25, 0.3) is 0 Å². The summed E-state index contributed by atoms with van der Waals surface area (Å²) in [5.74, 6) is 2.17. The topological polar surface area (TPSA) is 29.5 Å². The summed E-state index contributed by atoms with van der Waals surface area (Å²) in [5, 5.41) is 0. The van der Waals surface area contributed by atoms with Crippen molar-refractivity contribution in [3.63, 3.8) is 0 Å². The second-order valence-electron chi connectivity index (χ2n) is 7.41. The Bertz CT molecular complexity index is 521. The van der Waals surface area contributed by atoms with Crippen molar-refractivity contribution < 1.29 is 9.53 Å². The first kappa shape index (κ1) is 19.2. The molecule has 0 unspecified atom stereocenters. The van der Waals surface area contributed by atoms with Crippen LogP contribution in [0.3, 0.4) is 0 Å². The van der Waals surface area contributed by atoms with Crippen molar-refractivity contribution in [2.24, 2.45) is 0 Å². The number of piperidine rings is 1. The van der Waals surface area contributed by atoms with E-state index in [1.54, 1.807) is 0 Å². The van der Waals surface area contributed by atoms with E-state index >= 15 is 0 Å². The van der Waals surface area contributed by atoms with Crippen LogP contribution in [0.4, 0.5) is 0 Å². The molecule has 3 nitrogen and oxygen atoms in total. The Balaban J connectivity index is 1.95. The zero-order chi connectivity index (χ0) is 17.6. The first-order valence-corrected chi connectivity index (χ1v) is 10.0. The lowest BCUT2D eigenvalue weighted by Gasteiger charge is -2.37. The van der Waals surface area contributed by atoms with Gasteiger partial charge >= 0.3 is 0 Å². The highest BCUT2D eigenvalue weighted by atomic mass is 32.2. The molecule has 1 atom stereocenters. The van der Waals surface area contributed by atoms with Crippen LogP contribution < -0.4 is 4.74 Å². The maximum atomic E-state index is 12.8. The molecule has 134 valence electrons. The highest BCUT2D eigenvalue weighted by Gasteiger charge is 2.28. The van der Waals surface area contributed by atoms with Gasteiger partial charge in [0.2, 0.25) is 5.91 Å². The molecule has 1 heterocycles. The number of benzene rings is 1. The number of carbonyl (C=O) groups is 1. The average molecular weight is 350 g/mol. The normalized spacial score (nSPS) is 18.5. The van der Waals surface area contributed by atoms with E-state index in [4.69, 9.17) is 4.74 Å². The van der Waals surface area contributed by atoms with Crippen LogP contribution in [0.1, 0.15) is 52.5 Å². The maximum absolute atomic E-state index is 12.8. The number of rotatable bonds is 6. The predicted molar refractivity (Wildman–Crippen MR) is 103 cm³/mol. The van der Waals surface area contributed by atoms with Crippen LogP contribution in [0.2, 0.25) is 0 Å². The molecule has 0 aromatic heterocycles. The quantitative estimate of drug-likeness (QED) is 0.755. The van der Waals surface area contributed by atoms with Crippen LogP contribution in [0, 0.1) is 0 Å². The summed E-state index contributed by atoms with van der Waals surface area (Å²) < 4.78 is 5.72. The lowest BCUT2D eigenvalue weighted by atomic mass is 10.0. The van der Waals surface area contributed by atoms with Crippen LogP contribution in [-0.2, 0) is 11.2 Å². The van der Waals surface area contributed by atoms with E-state index in [1.165, 1.54) is 6.42 Å². The van der Waals surface area contributed by atoms with Crippen molar-refractivity contribution in [1.82, 2.24) is 4.90 Å². The molecular weight excluding hydrogens is 318 g/mol. The average Bonchev–Trinajstić information content (AvgIpc) is 2.54. The summed E-state index contributed by atoms with van der Waals surface area (Å²) in [5.41, 5.74) is 1.07. The molecule has 1 aromatic rings. The van der Waals surface area contributed by atoms with Crippen molar-refractivity contribution >= 4 is 17.7 Å². The van der Waals surface area contributed by atoms with Gasteiger partial charge in [-0.05, 0) is 43.9 Å². The summed E-state index contributed by atoms with van der Waals surface area (Å²) in [6, 6.07) is 8.31. The Morgan fingerprint density at radius 3 is 2.58 bits per heavy atom. The fourth-order valence-electron chi connectivity index (χ4n) is 2.99. The van der Waals surface area contributed by atoms with Gasteiger partial charge in [-0.1, -0.05) is 32.9 Å². The molecule has 4 heteroatoms. The molecule has 24 heavy (non-hydrogen) atoms. The lowest BCUT2D eigenvalue weighted by Crippen LogP contribution is -2.46. The molecule has 0 bridgehead atoms. The maximum Gasteiger partial charge on any atom is 0.227 e. The van der Waals surface area contributed by atoms with Crippen LogP contribution in [0.15, 0.2) is 24.3 Å². The minimum Gasteiger partial charge on any atom is -0.494 e. The molecule has 1 aliphatic rings. The molecule has 1 fully saturated rings. The zero-order valence-corrected chi connectivity index (χ0v) is 16.3. The largest absolute Gasteiger partial charge is 0.494 e. The molecule has 2 rings (SSSR count). The molecular formula is C20H31NO2S. The van der Waals surface area contributed by atoms with E-state index in [9.17, 15) is 4.79 Å². The number of likely N-dealkylation sites (tertiary alicyclic amines) is 1. The minimum absolute atomic E-state index is 0.251. The standard InChI is InChI=1S/C20H31NO2S/c1-5-23-18-11-9-16(10-12-18)14-19(22)21-13-7-6-8-17(21)15-24-20(2,3)4/h9-12,17H,5-8,13-15H2,1-4H3/t17-/m0/s1. The fourth-order valence-corrected chi connectivity index (χ4v) is 4.03. The first-order valence-electron chi connectivity index (χ1n) is 9.04. The van der Waals surface area contributed by atoms with E-state index in [0.717, 1.165) is 36.5 Å². The van der Waals surface area contributed by atoms with Gasteiger partial charge < -0.3 is 9.64 Å². The van der Waals surface area contributed by atoms with Gasteiger partial charge in [-0.3, -0.25) is 4.79 Å². The van der Waals surface area contributed by atoms with Crippen LogP contribution in [-0.4, -0.2) is 40.5 Å². The Labute approximate surface area is 151 Å². The van der Waals surface area contributed by atoms with Gasteiger partial charge in [0, 0.05) is 23.1 Å². The molecule has 0 spiro atoms. The molecule has 1 aliphatic heterocycles. The molecule has 1 aromatic carbocycles. The van der Waals surface area contributed by atoms with E-state index in [2.05, 4.69) is 25.7 Å². The number of carbonyl (C=O) groups excluding carboxylic acids is 1. The smallest absolute Gasteiger partial charge is 0.227 e. The summed E-state index contributed by atoms with van der Waals surface area (Å²) in [6.45, 7) is 10.3. The summed E-state index contributed by atoms with van der Waals surface area (Å²) in [6.07, 6.45) is 4.00. The molecule has 1 amide bonds. The van der Waals surface area contributed by atoms with E-state index in [1.807, 2.05) is 43.0 Å². The van der Waals surface area contributed by atoms with Crippen LogP contribution in [0.5, 0.6) is 5.75 Å². The van der Waals surface area contributed by atoms with Crippen molar-refractivity contribution in [2.45, 2.75) is 64.2 Å². The second-order valence-corrected chi connectivity index (χ2v) is 9.26. The van der Waals surface area contributed by atoms with E-state index < -0.39 is 0 Å². The van der Waals surface area contributed by atoms with Crippen molar-refractivity contribution in [3.05, 3.63) is 29.8 Å². The Hall–Kier alpha value is -1.16. The third-order valence-electron chi connectivity index (χ3n) is 4.25. The predicted octanol–water partition coefficient (Wildman–Crippen LogP) is 4.54. The molecule has 0 saturated carbocycles. The summed E-state index contributed by atoms with van der Waals surface area (Å²) in [7, 11) is 0. The van der Waals surface area contributed by atoms with Crippen molar-refractivity contribution in [1.29, 1.82) is 0 Å². The number of hydrogen-bond acceptors (Lipinski definition) is 3.